The molecule has 1 aliphatic heterocycles. The zero-order valence-electron chi connectivity index (χ0n) is 5.22. The summed E-state index contributed by atoms with van der Waals surface area (Å²) in [5.41, 5.74) is 0. The van der Waals surface area contributed by atoms with Crippen LogP contribution >= 0.6 is 0 Å². The summed E-state index contributed by atoms with van der Waals surface area (Å²) in [5, 5.41) is 0. The van der Waals surface area contributed by atoms with E-state index in [0.29, 0.717) is 6.10 Å². The van der Waals surface area contributed by atoms with E-state index in [9.17, 15) is 0 Å². The first kappa shape index (κ1) is 6.11. The van der Waals surface area contributed by atoms with E-state index in [4.69, 9.17) is 9.39 Å². The Morgan fingerprint density at radius 1 is 1.62 bits per heavy atom. The zero-order valence-corrected chi connectivity index (χ0v) is 5.22. The number of ether oxygens (including phenoxy) is 1. The number of hydrogen-bond donors (Lipinski definition) is 0. The van der Waals surface area contributed by atoms with Crippen LogP contribution in [0.1, 0.15) is 12.8 Å². The van der Waals surface area contributed by atoms with E-state index >= 15 is 0 Å². The van der Waals surface area contributed by atoms with Gasteiger partial charge in [0.1, 0.15) is 0 Å². The molecule has 0 bridgehead atoms. The molecule has 1 heterocycles. The van der Waals surface area contributed by atoms with Crippen LogP contribution in [-0.2, 0) is 9.39 Å². The van der Waals surface area contributed by atoms with Crippen molar-refractivity contribution in [3.05, 3.63) is 0 Å². The van der Waals surface area contributed by atoms with Gasteiger partial charge in [-0.25, -0.2) is 0 Å². The molecule has 0 amide bonds. The monoisotopic (exact) mass is 114 g/mol. The Kier molecular flexibility index (Phi) is 2.37. The van der Waals surface area contributed by atoms with Crippen LogP contribution < -0.4 is 0 Å². The molecule has 0 aromatic carbocycles. The van der Waals surface area contributed by atoms with Crippen molar-refractivity contribution in [3.8, 4) is 0 Å². The molecule has 0 unspecified atom stereocenters. The maximum absolute atomic E-state index is 5.15. The van der Waals surface area contributed by atoms with Crippen LogP contribution in [0.5, 0.6) is 0 Å². The molecular formula is C5H11BO2. The molecule has 1 atom stereocenters. The summed E-state index contributed by atoms with van der Waals surface area (Å²) in [6.07, 6.45) is 2.68. The van der Waals surface area contributed by atoms with Gasteiger partial charge in [-0.2, -0.15) is 0 Å². The van der Waals surface area contributed by atoms with Gasteiger partial charge < -0.3 is 9.39 Å². The van der Waals surface area contributed by atoms with Gasteiger partial charge in [0, 0.05) is 6.61 Å². The molecule has 0 aliphatic carbocycles. The maximum atomic E-state index is 5.15. The summed E-state index contributed by atoms with van der Waals surface area (Å²) in [5.74, 6) is 0. The van der Waals surface area contributed by atoms with E-state index in [-0.39, 0.29) is 0 Å². The van der Waals surface area contributed by atoms with Crippen molar-refractivity contribution >= 4 is 8.05 Å². The predicted octanol–water partition coefficient (Wildman–Crippen LogP) is -0.270. The summed E-state index contributed by atoms with van der Waals surface area (Å²) in [7, 11) is 1.74. The fourth-order valence-electron chi connectivity index (χ4n) is 0.897. The van der Waals surface area contributed by atoms with Crippen molar-refractivity contribution in [2.75, 3.05) is 13.2 Å². The van der Waals surface area contributed by atoms with Crippen molar-refractivity contribution < 1.29 is 9.39 Å². The third-order valence-corrected chi connectivity index (χ3v) is 1.45. The van der Waals surface area contributed by atoms with E-state index in [0.717, 1.165) is 26.1 Å². The van der Waals surface area contributed by atoms with E-state index < -0.39 is 0 Å². The average Bonchev–Trinajstić information content (AvgIpc) is 1.90. The van der Waals surface area contributed by atoms with Crippen molar-refractivity contribution in [3.63, 3.8) is 0 Å². The molecule has 2 nitrogen and oxygen atoms in total. The van der Waals surface area contributed by atoms with Gasteiger partial charge in [-0.3, -0.25) is 0 Å². The first-order chi connectivity index (χ1) is 3.93. The standard InChI is InChI=1S/C5H11BO2/c6-8-5-2-1-3-7-4-5/h5H,1-4,6H2/t5-/m1/s1. The highest BCUT2D eigenvalue weighted by molar-refractivity contribution is 5.98. The molecule has 0 aromatic rings. The fraction of sp³-hybridized carbons (Fsp3) is 1.00. The van der Waals surface area contributed by atoms with Gasteiger partial charge >= 0.3 is 0 Å². The number of rotatable bonds is 1. The van der Waals surface area contributed by atoms with Crippen molar-refractivity contribution in [1.29, 1.82) is 0 Å². The Bertz CT molecular complexity index is 61.4. The van der Waals surface area contributed by atoms with Gasteiger partial charge in [-0.05, 0) is 12.8 Å². The lowest BCUT2D eigenvalue weighted by molar-refractivity contribution is 0.0111. The summed E-state index contributed by atoms with van der Waals surface area (Å²) in [6, 6.07) is 0. The highest BCUT2D eigenvalue weighted by Gasteiger charge is 2.10. The van der Waals surface area contributed by atoms with Gasteiger partial charge in [0.2, 0.25) is 0 Å². The van der Waals surface area contributed by atoms with Crippen LogP contribution in [0.2, 0.25) is 0 Å². The van der Waals surface area contributed by atoms with Crippen LogP contribution in [-0.4, -0.2) is 27.4 Å². The molecule has 0 N–H and O–H groups in total. The second kappa shape index (κ2) is 3.10. The minimum Gasteiger partial charge on any atom is -0.439 e. The first-order valence-electron chi connectivity index (χ1n) is 3.04. The van der Waals surface area contributed by atoms with Gasteiger partial charge in [-0.1, -0.05) is 0 Å². The molecule has 3 heteroatoms. The smallest absolute Gasteiger partial charge is 0.257 e. The van der Waals surface area contributed by atoms with E-state index in [1.165, 1.54) is 0 Å². The molecule has 0 aromatic heterocycles. The van der Waals surface area contributed by atoms with E-state index in [1.807, 2.05) is 0 Å². The lowest BCUT2D eigenvalue weighted by atomic mass is 10.2. The molecule has 0 saturated carbocycles. The molecule has 1 saturated heterocycles. The second-order valence-corrected chi connectivity index (χ2v) is 2.07. The molecule has 0 radical (unpaired) electrons. The third-order valence-electron chi connectivity index (χ3n) is 1.45. The fourth-order valence-corrected chi connectivity index (χ4v) is 0.897. The van der Waals surface area contributed by atoms with E-state index in [2.05, 4.69) is 0 Å². The van der Waals surface area contributed by atoms with Gasteiger partial charge in [-0.15, -0.1) is 0 Å². The highest BCUT2D eigenvalue weighted by Crippen LogP contribution is 2.07. The van der Waals surface area contributed by atoms with Gasteiger partial charge in [0.05, 0.1) is 12.7 Å². The normalized spacial score (nSPS) is 30.2. The van der Waals surface area contributed by atoms with Crippen molar-refractivity contribution in [2.24, 2.45) is 0 Å². The van der Waals surface area contributed by atoms with Crippen LogP contribution in [0, 0.1) is 0 Å². The largest absolute Gasteiger partial charge is 0.439 e. The lowest BCUT2D eigenvalue weighted by Gasteiger charge is -2.20. The Morgan fingerprint density at radius 2 is 2.50 bits per heavy atom. The van der Waals surface area contributed by atoms with E-state index in [1.54, 1.807) is 8.05 Å². The highest BCUT2D eigenvalue weighted by atomic mass is 16.5. The lowest BCUT2D eigenvalue weighted by Crippen LogP contribution is -2.24. The Labute approximate surface area is 50.6 Å². The topological polar surface area (TPSA) is 18.5 Å². The molecular weight excluding hydrogens is 103 g/mol. The quantitative estimate of drug-likeness (QED) is 0.437. The molecule has 0 spiro atoms. The average molecular weight is 114 g/mol. The van der Waals surface area contributed by atoms with Crippen LogP contribution in [0.3, 0.4) is 0 Å². The first-order valence-corrected chi connectivity index (χ1v) is 3.04. The summed E-state index contributed by atoms with van der Waals surface area (Å²) < 4.78 is 10.2. The Hall–Kier alpha value is -0.0151. The van der Waals surface area contributed by atoms with Crippen LogP contribution in [0.25, 0.3) is 0 Å². The predicted molar refractivity (Wildman–Crippen MR) is 33.5 cm³/mol. The molecule has 1 rings (SSSR count). The molecule has 1 aliphatic rings. The molecule has 1 fully saturated rings. The van der Waals surface area contributed by atoms with Crippen LogP contribution in [0.4, 0.5) is 0 Å². The maximum Gasteiger partial charge on any atom is 0.257 e. The zero-order chi connectivity index (χ0) is 5.82. The minimum atomic E-state index is 0.365. The molecule has 46 valence electrons. The SMILES string of the molecule is BO[C@@H]1CCCOC1. The summed E-state index contributed by atoms with van der Waals surface area (Å²) in [6.45, 7) is 1.70. The summed E-state index contributed by atoms with van der Waals surface area (Å²) in [4.78, 5) is 0. The second-order valence-electron chi connectivity index (χ2n) is 2.07. The number of hydrogen-bond acceptors (Lipinski definition) is 2. The molecule has 8 heavy (non-hydrogen) atoms. The summed E-state index contributed by atoms with van der Waals surface area (Å²) >= 11 is 0. The van der Waals surface area contributed by atoms with Gasteiger partial charge in [0.25, 0.3) is 8.05 Å². The van der Waals surface area contributed by atoms with Gasteiger partial charge in [0.15, 0.2) is 0 Å². The minimum absolute atomic E-state index is 0.365. The van der Waals surface area contributed by atoms with Crippen LogP contribution in [0.15, 0.2) is 0 Å². The Balaban J connectivity index is 2.13. The third kappa shape index (κ3) is 1.49. The van der Waals surface area contributed by atoms with Crippen molar-refractivity contribution in [1.82, 2.24) is 0 Å². The Morgan fingerprint density at radius 3 is 2.88 bits per heavy atom. The van der Waals surface area contributed by atoms with Crippen molar-refractivity contribution in [2.45, 2.75) is 18.9 Å².